The standard InChI is InChI=1S/C32H42N4O4/c1-22-15-23(2)19-34(18-22)14-6-13-33-31(38)32(3)21-35-28-17-27(40-5)12-9-25(28)16-29(35)30(37)36(32)20-24-7-10-26(39-4)11-8-24/h7-12,16-17,22-23H,6,13-15,18-21H2,1-5H3,(H,33,38)/t22-,23+,32-/m0/s1. The number of hydrogen-bond donors (Lipinski definition) is 1. The maximum atomic E-state index is 14.0. The van der Waals surface area contributed by atoms with Gasteiger partial charge in [-0.2, -0.15) is 0 Å². The second kappa shape index (κ2) is 11.5. The lowest BCUT2D eigenvalue weighted by molar-refractivity contribution is -0.133. The van der Waals surface area contributed by atoms with Crippen LogP contribution in [-0.2, 0) is 17.9 Å². The Bertz CT molecular complexity index is 1360. The number of methoxy groups -OCH3 is 2. The van der Waals surface area contributed by atoms with E-state index in [1.807, 2.05) is 60.0 Å². The number of nitrogens with one attached hydrogen (secondary N) is 1. The lowest BCUT2D eigenvalue weighted by Crippen LogP contribution is -2.63. The van der Waals surface area contributed by atoms with Gasteiger partial charge in [0.2, 0.25) is 5.91 Å². The molecule has 5 rings (SSSR count). The average molecular weight is 547 g/mol. The van der Waals surface area contributed by atoms with Crippen LogP contribution in [0.5, 0.6) is 11.5 Å². The van der Waals surface area contributed by atoms with Gasteiger partial charge in [-0.15, -0.1) is 0 Å². The molecule has 3 aromatic rings. The van der Waals surface area contributed by atoms with E-state index in [0.717, 1.165) is 48.3 Å². The number of carbonyl (C=O) groups is 2. The minimum Gasteiger partial charge on any atom is -0.497 e. The van der Waals surface area contributed by atoms with Gasteiger partial charge in [0.05, 0.1) is 26.3 Å². The molecule has 2 amide bonds. The number of amides is 2. The SMILES string of the molecule is COc1ccc(CN2C(=O)c3cc4ccc(OC)cc4n3C[C@@]2(C)C(=O)NCCCN2C[C@H](C)C[C@H](C)C2)cc1. The molecule has 3 atom stereocenters. The first-order chi connectivity index (χ1) is 19.2. The van der Waals surface area contributed by atoms with Crippen molar-refractivity contribution in [1.29, 1.82) is 0 Å². The molecule has 8 heteroatoms. The summed E-state index contributed by atoms with van der Waals surface area (Å²) in [5, 5.41) is 4.13. The maximum Gasteiger partial charge on any atom is 0.271 e. The number of benzene rings is 2. The Balaban J connectivity index is 1.38. The van der Waals surface area contributed by atoms with Crippen LogP contribution in [0.2, 0.25) is 0 Å². The highest BCUT2D eigenvalue weighted by molar-refractivity contribution is 6.03. The van der Waals surface area contributed by atoms with Crippen LogP contribution in [0.15, 0.2) is 48.5 Å². The Labute approximate surface area is 237 Å². The fourth-order valence-electron chi connectivity index (χ4n) is 6.49. The number of ether oxygens (including phenoxy) is 2. The van der Waals surface area contributed by atoms with Crippen LogP contribution in [0.1, 0.15) is 49.7 Å². The van der Waals surface area contributed by atoms with Crippen molar-refractivity contribution in [2.75, 3.05) is 40.4 Å². The molecule has 0 unspecified atom stereocenters. The zero-order valence-electron chi connectivity index (χ0n) is 24.4. The van der Waals surface area contributed by atoms with E-state index in [-0.39, 0.29) is 11.8 Å². The van der Waals surface area contributed by atoms with E-state index < -0.39 is 5.54 Å². The number of carbonyl (C=O) groups excluding carboxylic acids is 2. The second-order valence-electron chi connectivity index (χ2n) is 11.9. The van der Waals surface area contributed by atoms with E-state index in [4.69, 9.17) is 9.47 Å². The third kappa shape index (κ3) is 5.55. The van der Waals surface area contributed by atoms with Crippen molar-refractivity contribution in [3.63, 3.8) is 0 Å². The van der Waals surface area contributed by atoms with Crippen LogP contribution in [-0.4, -0.2) is 72.1 Å². The molecule has 0 spiro atoms. The van der Waals surface area contributed by atoms with E-state index in [0.29, 0.717) is 42.9 Å². The van der Waals surface area contributed by atoms with Gasteiger partial charge in [-0.05, 0) is 74.0 Å². The fourth-order valence-corrected chi connectivity index (χ4v) is 6.49. The quantitative estimate of drug-likeness (QED) is 0.399. The summed E-state index contributed by atoms with van der Waals surface area (Å²) in [6.45, 7) is 11.0. The first kappa shape index (κ1) is 28.0. The van der Waals surface area contributed by atoms with Gasteiger partial charge in [-0.25, -0.2) is 0 Å². The van der Waals surface area contributed by atoms with Gasteiger partial charge in [0.25, 0.3) is 5.91 Å². The summed E-state index contributed by atoms with van der Waals surface area (Å²) >= 11 is 0. The zero-order chi connectivity index (χ0) is 28.4. The largest absolute Gasteiger partial charge is 0.497 e. The average Bonchev–Trinajstić information content (AvgIpc) is 3.30. The molecule has 40 heavy (non-hydrogen) atoms. The molecule has 1 aromatic heterocycles. The van der Waals surface area contributed by atoms with E-state index in [2.05, 4.69) is 24.1 Å². The maximum absolute atomic E-state index is 14.0. The minimum absolute atomic E-state index is 0.134. The van der Waals surface area contributed by atoms with Crippen LogP contribution >= 0.6 is 0 Å². The fraction of sp³-hybridized carbons (Fsp3) is 0.500. The molecule has 0 aliphatic carbocycles. The topological polar surface area (TPSA) is 76.0 Å². The summed E-state index contributed by atoms with van der Waals surface area (Å²) in [6.07, 6.45) is 2.16. The molecule has 214 valence electrons. The molecule has 2 aliphatic heterocycles. The van der Waals surface area contributed by atoms with Crippen LogP contribution in [0, 0.1) is 11.8 Å². The molecule has 2 aliphatic rings. The highest BCUT2D eigenvalue weighted by atomic mass is 16.5. The minimum atomic E-state index is -1.08. The van der Waals surface area contributed by atoms with Crippen molar-refractivity contribution in [3.8, 4) is 11.5 Å². The van der Waals surface area contributed by atoms with Gasteiger partial charge in [-0.1, -0.05) is 26.0 Å². The Morgan fingerprint density at radius 1 is 1.00 bits per heavy atom. The van der Waals surface area contributed by atoms with Gasteiger partial charge < -0.3 is 29.2 Å². The number of nitrogens with zero attached hydrogens (tertiary/aromatic N) is 3. The molecule has 1 N–H and O–H groups in total. The molecule has 1 saturated heterocycles. The van der Waals surface area contributed by atoms with E-state index in [9.17, 15) is 9.59 Å². The summed E-state index contributed by atoms with van der Waals surface area (Å²) < 4.78 is 12.7. The summed E-state index contributed by atoms with van der Waals surface area (Å²) in [5.74, 6) is 2.59. The lowest BCUT2D eigenvalue weighted by atomic mass is 9.92. The van der Waals surface area contributed by atoms with E-state index in [1.54, 1.807) is 19.1 Å². The van der Waals surface area contributed by atoms with E-state index >= 15 is 0 Å². The second-order valence-corrected chi connectivity index (χ2v) is 11.9. The molecular weight excluding hydrogens is 504 g/mol. The third-order valence-electron chi connectivity index (χ3n) is 8.51. The van der Waals surface area contributed by atoms with Crippen molar-refractivity contribution in [2.45, 2.75) is 52.2 Å². The summed E-state index contributed by atoms with van der Waals surface area (Å²) in [5.41, 5.74) is 1.33. The van der Waals surface area contributed by atoms with Crippen LogP contribution in [0.3, 0.4) is 0 Å². The zero-order valence-corrected chi connectivity index (χ0v) is 24.4. The lowest BCUT2D eigenvalue weighted by Gasteiger charge is -2.44. The Morgan fingerprint density at radius 2 is 1.68 bits per heavy atom. The van der Waals surface area contributed by atoms with Gasteiger partial charge in [-0.3, -0.25) is 9.59 Å². The number of likely N-dealkylation sites (tertiary alicyclic amines) is 1. The van der Waals surface area contributed by atoms with Gasteiger partial charge in [0.15, 0.2) is 0 Å². The molecule has 2 aromatic carbocycles. The van der Waals surface area contributed by atoms with E-state index in [1.165, 1.54) is 6.42 Å². The smallest absolute Gasteiger partial charge is 0.271 e. The Morgan fingerprint density at radius 3 is 2.35 bits per heavy atom. The molecule has 0 saturated carbocycles. The number of piperidine rings is 1. The summed E-state index contributed by atoms with van der Waals surface area (Å²) in [4.78, 5) is 32.2. The normalized spacial score (nSPS) is 23.2. The number of fused-ring (bicyclic) bond motifs is 3. The van der Waals surface area contributed by atoms with Crippen molar-refractivity contribution in [3.05, 3.63) is 59.8 Å². The number of rotatable bonds is 9. The summed E-state index contributed by atoms with van der Waals surface area (Å²) in [6, 6.07) is 15.4. The van der Waals surface area contributed by atoms with Crippen molar-refractivity contribution in [1.82, 2.24) is 19.7 Å². The molecule has 0 radical (unpaired) electrons. The summed E-state index contributed by atoms with van der Waals surface area (Å²) in [7, 11) is 3.26. The number of hydrogen-bond acceptors (Lipinski definition) is 5. The van der Waals surface area contributed by atoms with Gasteiger partial charge in [0, 0.05) is 37.6 Å². The van der Waals surface area contributed by atoms with Crippen LogP contribution in [0.4, 0.5) is 0 Å². The van der Waals surface area contributed by atoms with Crippen LogP contribution < -0.4 is 14.8 Å². The Hall–Kier alpha value is -3.52. The number of aromatic nitrogens is 1. The van der Waals surface area contributed by atoms with Crippen molar-refractivity contribution >= 4 is 22.7 Å². The molecule has 3 heterocycles. The Kier molecular flexibility index (Phi) is 8.08. The highest BCUT2D eigenvalue weighted by Crippen LogP contribution is 2.35. The predicted octanol–water partition coefficient (Wildman–Crippen LogP) is 4.56. The molecule has 8 nitrogen and oxygen atoms in total. The molecule has 0 bridgehead atoms. The highest BCUT2D eigenvalue weighted by Gasteiger charge is 2.47. The van der Waals surface area contributed by atoms with Crippen molar-refractivity contribution < 1.29 is 19.1 Å². The first-order valence-corrected chi connectivity index (χ1v) is 14.3. The molecule has 1 fully saturated rings. The first-order valence-electron chi connectivity index (χ1n) is 14.3. The predicted molar refractivity (Wildman–Crippen MR) is 157 cm³/mol. The molecular formula is C32H42N4O4. The van der Waals surface area contributed by atoms with Crippen LogP contribution in [0.25, 0.3) is 10.9 Å². The third-order valence-corrected chi connectivity index (χ3v) is 8.51. The van der Waals surface area contributed by atoms with Crippen molar-refractivity contribution in [2.24, 2.45) is 11.8 Å². The monoisotopic (exact) mass is 546 g/mol. The van der Waals surface area contributed by atoms with Gasteiger partial charge >= 0.3 is 0 Å². The van der Waals surface area contributed by atoms with Gasteiger partial charge in [0.1, 0.15) is 22.7 Å².